The van der Waals surface area contributed by atoms with E-state index in [0.29, 0.717) is 36.7 Å². The number of hydrogen-bond acceptors (Lipinski definition) is 3. The van der Waals surface area contributed by atoms with E-state index in [1.165, 1.54) is 51.0 Å². The van der Waals surface area contributed by atoms with Crippen molar-refractivity contribution in [2.75, 3.05) is 13.1 Å². The summed E-state index contributed by atoms with van der Waals surface area (Å²) in [6, 6.07) is 8.00. The Labute approximate surface area is 175 Å². The van der Waals surface area contributed by atoms with Crippen molar-refractivity contribution in [3.63, 3.8) is 0 Å². The largest absolute Gasteiger partial charge is 0.354 e. The van der Waals surface area contributed by atoms with Crippen molar-refractivity contribution in [1.29, 1.82) is 0 Å². The van der Waals surface area contributed by atoms with Gasteiger partial charge in [-0.05, 0) is 51.2 Å². The lowest BCUT2D eigenvalue weighted by Crippen LogP contribution is -2.46. The molecular formula is C24H38FN3O. The predicted octanol–water partition coefficient (Wildman–Crippen LogP) is 4.04. The van der Waals surface area contributed by atoms with Crippen LogP contribution in [0.5, 0.6) is 0 Å². The zero-order chi connectivity index (χ0) is 20.6. The van der Waals surface area contributed by atoms with Crippen molar-refractivity contribution < 1.29 is 9.18 Å². The molecule has 5 heteroatoms. The van der Waals surface area contributed by atoms with Crippen LogP contribution in [0.1, 0.15) is 70.8 Å². The number of hydrogen-bond donors (Lipinski definition) is 2. The van der Waals surface area contributed by atoms with E-state index in [-0.39, 0.29) is 17.8 Å². The van der Waals surface area contributed by atoms with Crippen LogP contribution in [0, 0.1) is 5.82 Å². The van der Waals surface area contributed by atoms with Crippen molar-refractivity contribution in [3.8, 4) is 0 Å². The zero-order valence-corrected chi connectivity index (χ0v) is 18.1. The van der Waals surface area contributed by atoms with Crippen molar-refractivity contribution in [3.05, 3.63) is 35.6 Å². The van der Waals surface area contributed by atoms with Crippen molar-refractivity contribution in [1.82, 2.24) is 15.5 Å². The van der Waals surface area contributed by atoms with E-state index >= 15 is 0 Å². The van der Waals surface area contributed by atoms with Crippen LogP contribution in [-0.4, -0.2) is 48.1 Å². The van der Waals surface area contributed by atoms with Gasteiger partial charge in [-0.15, -0.1) is 0 Å². The van der Waals surface area contributed by atoms with E-state index < -0.39 is 0 Å². The molecule has 1 saturated heterocycles. The first kappa shape index (κ1) is 22.2. The fourth-order valence-corrected chi connectivity index (χ4v) is 4.91. The summed E-state index contributed by atoms with van der Waals surface area (Å²) in [7, 11) is 0. The predicted molar refractivity (Wildman–Crippen MR) is 116 cm³/mol. The number of nitrogens with zero attached hydrogens (tertiary/aromatic N) is 1. The molecule has 1 amide bonds. The summed E-state index contributed by atoms with van der Waals surface area (Å²) in [4.78, 5) is 15.2. The number of carbonyl (C=O) groups excluding carboxylic acids is 1. The number of benzene rings is 1. The van der Waals surface area contributed by atoms with Gasteiger partial charge in [-0.2, -0.15) is 0 Å². The van der Waals surface area contributed by atoms with Crippen LogP contribution in [0.15, 0.2) is 24.3 Å². The molecule has 1 aromatic rings. The van der Waals surface area contributed by atoms with E-state index in [2.05, 4.69) is 29.4 Å². The van der Waals surface area contributed by atoms with Gasteiger partial charge in [0.1, 0.15) is 5.82 Å². The lowest BCUT2D eigenvalue weighted by molar-refractivity contribution is -0.126. The number of rotatable bonds is 7. The Balaban J connectivity index is 1.51. The highest BCUT2D eigenvalue weighted by Crippen LogP contribution is 2.24. The highest BCUT2D eigenvalue weighted by molar-refractivity contribution is 5.82. The second-order valence-electron chi connectivity index (χ2n) is 9.08. The van der Waals surface area contributed by atoms with Gasteiger partial charge < -0.3 is 10.6 Å². The average Bonchev–Trinajstić information content (AvgIpc) is 3.10. The Hall–Kier alpha value is -1.46. The molecule has 162 valence electrons. The maximum atomic E-state index is 13.8. The highest BCUT2D eigenvalue weighted by atomic mass is 19.1. The minimum Gasteiger partial charge on any atom is -0.354 e. The normalized spacial score (nSPS) is 24.4. The van der Waals surface area contributed by atoms with Crippen LogP contribution in [0.4, 0.5) is 4.39 Å². The van der Waals surface area contributed by atoms with Crippen molar-refractivity contribution >= 4 is 5.91 Å². The molecule has 29 heavy (non-hydrogen) atoms. The molecule has 0 spiro atoms. The molecule has 2 fully saturated rings. The number of nitrogens with one attached hydrogen (secondary N) is 2. The standard InChI is InChI=1S/C24H38FN3O/c1-18(2)28-17-21(27-20-11-6-4-3-5-7-12-20)16-23(28)24(29)26-15-14-19-10-8-9-13-22(19)25/h8-10,13,18,20-21,23,27H,3-7,11-12,14-17H2,1-2H3,(H,26,29)/t21-,23+/m1/s1. The molecule has 1 heterocycles. The molecule has 3 rings (SSSR count). The third-order valence-electron chi connectivity index (χ3n) is 6.53. The summed E-state index contributed by atoms with van der Waals surface area (Å²) in [6.07, 6.45) is 10.6. The van der Waals surface area contributed by atoms with Crippen LogP contribution in [-0.2, 0) is 11.2 Å². The first-order valence-electron chi connectivity index (χ1n) is 11.6. The monoisotopic (exact) mass is 403 g/mol. The Morgan fingerprint density at radius 2 is 1.79 bits per heavy atom. The first-order valence-corrected chi connectivity index (χ1v) is 11.6. The Morgan fingerprint density at radius 3 is 2.48 bits per heavy atom. The van der Waals surface area contributed by atoms with Gasteiger partial charge >= 0.3 is 0 Å². The number of likely N-dealkylation sites (tertiary alicyclic amines) is 1. The summed E-state index contributed by atoms with van der Waals surface area (Å²) in [5, 5.41) is 6.93. The van der Waals surface area contributed by atoms with Gasteiger partial charge in [-0.25, -0.2) is 4.39 Å². The Kier molecular flexibility index (Phi) is 8.49. The van der Waals surface area contributed by atoms with Crippen LogP contribution in [0.2, 0.25) is 0 Å². The summed E-state index contributed by atoms with van der Waals surface area (Å²) in [5.74, 6) is -0.119. The summed E-state index contributed by atoms with van der Waals surface area (Å²) >= 11 is 0. The smallest absolute Gasteiger partial charge is 0.237 e. The van der Waals surface area contributed by atoms with Gasteiger partial charge in [0, 0.05) is 31.2 Å². The SMILES string of the molecule is CC(C)N1C[C@H](NC2CCCCCCC2)C[C@H]1C(=O)NCCc1ccccc1F. The lowest BCUT2D eigenvalue weighted by Gasteiger charge is -2.27. The molecule has 0 aromatic heterocycles. The lowest BCUT2D eigenvalue weighted by atomic mass is 9.96. The third kappa shape index (κ3) is 6.51. The molecule has 1 aromatic carbocycles. The molecule has 0 radical (unpaired) electrons. The van der Waals surface area contributed by atoms with Gasteiger partial charge in [0.25, 0.3) is 0 Å². The Bertz CT molecular complexity index is 643. The minimum atomic E-state index is -0.199. The maximum absolute atomic E-state index is 13.8. The Morgan fingerprint density at radius 1 is 1.10 bits per heavy atom. The second kappa shape index (κ2) is 11.1. The van der Waals surface area contributed by atoms with Crippen molar-refractivity contribution in [2.45, 2.75) is 95.8 Å². The average molecular weight is 404 g/mol. The molecule has 1 aliphatic heterocycles. The molecule has 0 bridgehead atoms. The maximum Gasteiger partial charge on any atom is 0.237 e. The number of amides is 1. The third-order valence-corrected chi connectivity index (χ3v) is 6.53. The second-order valence-corrected chi connectivity index (χ2v) is 9.08. The quantitative estimate of drug-likeness (QED) is 0.722. The molecule has 4 nitrogen and oxygen atoms in total. The highest BCUT2D eigenvalue weighted by Gasteiger charge is 2.38. The van der Waals surface area contributed by atoms with Gasteiger partial charge in [-0.3, -0.25) is 9.69 Å². The molecule has 0 unspecified atom stereocenters. The van der Waals surface area contributed by atoms with Gasteiger partial charge in [0.05, 0.1) is 6.04 Å². The molecule has 1 saturated carbocycles. The molecule has 1 aliphatic carbocycles. The van der Waals surface area contributed by atoms with E-state index in [1.807, 2.05) is 6.07 Å². The van der Waals surface area contributed by atoms with Crippen LogP contribution >= 0.6 is 0 Å². The van der Waals surface area contributed by atoms with E-state index in [1.54, 1.807) is 12.1 Å². The van der Waals surface area contributed by atoms with Crippen molar-refractivity contribution in [2.24, 2.45) is 0 Å². The first-order chi connectivity index (χ1) is 14.0. The number of halogens is 1. The van der Waals surface area contributed by atoms with E-state index in [9.17, 15) is 9.18 Å². The summed E-state index contributed by atoms with van der Waals surface area (Å²) in [5.41, 5.74) is 0.656. The molecule has 2 atom stereocenters. The summed E-state index contributed by atoms with van der Waals surface area (Å²) in [6.45, 7) is 5.73. The van der Waals surface area contributed by atoms with Gasteiger partial charge in [0.15, 0.2) is 0 Å². The molecular weight excluding hydrogens is 365 g/mol. The van der Waals surface area contributed by atoms with Crippen LogP contribution < -0.4 is 10.6 Å². The molecule has 2 N–H and O–H groups in total. The van der Waals surface area contributed by atoms with E-state index in [4.69, 9.17) is 0 Å². The van der Waals surface area contributed by atoms with Crippen LogP contribution in [0.25, 0.3) is 0 Å². The molecule has 2 aliphatic rings. The fourth-order valence-electron chi connectivity index (χ4n) is 4.91. The zero-order valence-electron chi connectivity index (χ0n) is 18.1. The van der Waals surface area contributed by atoms with Gasteiger partial charge in [0.2, 0.25) is 5.91 Å². The fraction of sp³-hybridized carbons (Fsp3) is 0.708. The van der Waals surface area contributed by atoms with Crippen LogP contribution in [0.3, 0.4) is 0 Å². The number of carbonyl (C=O) groups is 1. The minimum absolute atomic E-state index is 0.0806. The van der Waals surface area contributed by atoms with Gasteiger partial charge in [-0.1, -0.05) is 50.3 Å². The van der Waals surface area contributed by atoms with E-state index in [0.717, 1.165) is 13.0 Å². The topological polar surface area (TPSA) is 44.4 Å². The summed E-state index contributed by atoms with van der Waals surface area (Å²) < 4.78 is 13.8.